The van der Waals surface area contributed by atoms with E-state index in [-0.39, 0.29) is 23.4 Å². The topological polar surface area (TPSA) is 94.8 Å². The second-order valence-electron chi connectivity index (χ2n) is 12.5. The van der Waals surface area contributed by atoms with Crippen LogP contribution in [0.1, 0.15) is 92.4 Å². The Kier molecular flexibility index (Phi) is 5.83. The molecule has 3 fully saturated rings. The lowest BCUT2D eigenvalue weighted by atomic mass is 9.44. The van der Waals surface area contributed by atoms with E-state index in [1.165, 1.54) is 0 Å². The molecule has 0 saturated heterocycles. The largest absolute Gasteiger partial charge is 0.393 e. The summed E-state index contributed by atoms with van der Waals surface area (Å²) in [7, 11) is 0. The molecule has 5 nitrogen and oxygen atoms in total. The van der Waals surface area contributed by atoms with Crippen LogP contribution in [0.3, 0.4) is 0 Å². The number of aliphatic hydroxyl groups excluding tert-OH is 1. The molecule has 0 aromatic carbocycles. The Morgan fingerprint density at radius 1 is 1.00 bits per heavy atom. The normalized spacial score (nSPS) is 46.8. The molecule has 4 rings (SSSR count). The summed E-state index contributed by atoms with van der Waals surface area (Å²) in [5.74, 6) is 0.478. The van der Waals surface area contributed by atoms with Crippen LogP contribution in [0.15, 0.2) is 11.6 Å². The third-order valence-corrected chi connectivity index (χ3v) is 10.2. The van der Waals surface area contributed by atoms with E-state index in [9.17, 15) is 24.9 Å². The van der Waals surface area contributed by atoms with Gasteiger partial charge in [-0.25, -0.2) is 0 Å². The van der Waals surface area contributed by atoms with E-state index in [4.69, 9.17) is 0 Å². The molecule has 0 aliphatic heterocycles. The summed E-state index contributed by atoms with van der Waals surface area (Å²) in [6, 6.07) is 0. The summed E-state index contributed by atoms with van der Waals surface area (Å²) in [4.78, 5) is 25.8. The minimum atomic E-state index is -1.24. The molecule has 0 unspecified atom stereocenters. The Morgan fingerprint density at radius 3 is 2.31 bits per heavy atom. The number of fused-ring (bicyclic) bond motifs is 5. The van der Waals surface area contributed by atoms with Crippen LogP contribution in [0.25, 0.3) is 0 Å². The van der Waals surface area contributed by atoms with E-state index < -0.39 is 34.1 Å². The van der Waals surface area contributed by atoms with Gasteiger partial charge in [0.05, 0.1) is 17.3 Å². The van der Waals surface area contributed by atoms with E-state index in [0.717, 1.165) is 6.42 Å². The second kappa shape index (κ2) is 7.74. The van der Waals surface area contributed by atoms with Gasteiger partial charge in [-0.2, -0.15) is 0 Å². The van der Waals surface area contributed by atoms with Crippen molar-refractivity contribution in [1.29, 1.82) is 0 Å². The van der Waals surface area contributed by atoms with Gasteiger partial charge in [0.2, 0.25) is 0 Å². The smallest absolute Gasteiger partial charge is 0.159 e. The SMILES string of the molecule is CC(C)CC(=O)C[C@@H](C)[C@H]1CC[C@@]2(O)C3=CC(=O)[C@H]4C[C@@H](O)CC[C@]4(C)[C@@]3(O)CC[C@]12C. The van der Waals surface area contributed by atoms with Crippen molar-refractivity contribution in [3.05, 3.63) is 11.6 Å². The van der Waals surface area contributed by atoms with Crippen molar-refractivity contribution >= 4 is 11.6 Å². The maximum atomic E-state index is 13.2. The molecule has 0 aromatic rings. The van der Waals surface area contributed by atoms with Crippen LogP contribution in [-0.2, 0) is 9.59 Å². The Labute approximate surface area is 192 Å². The zero-order valence-electron chi connectivity index (χ0n) is 20.5. The van der Waals surface area contributed by atoms with Crippen molar-refractivity contribution in [1.82, 2.24) is 0 Å². The first-order valence-electron chi connectivity index (χ1n) is 12.7. The number of Topliss-reactive ketones (excluding diaryl/α,β-unsaturated/α-hetero) is 1. The Balaban J connectivity index is 1.67. The zero-order chi connectivity index (χ0) is 23.7. The minimum Gasteiger partial charge on any atom is -0.393 e. The first-order chi connectivity index (χ1) is 14.8. The van der Waals surface area contributed by atoms with Gasteiger partial charge in [-0.1, -0.05) is 34.6 Å². The number of ketones is 2. The van der Waals surface area contributed by atoms with Crippen molar-refractivity contribution in [3.8, 4) is 0 Å². The number of carbonyl (C=O) groups is 2. The van der Waals surface area contributed by atoms with E-state index in [0.29, 0.717) is 62.9 Å². The lowest BCUT2D eigenvalue weighted by molar-refractivity contribution is -0.191. The highest BCUT2D eigenvalue weighted by Gasteiger charge is 2.71. The predicted octanol–water partition coefficient (Wildman–Crippen LogP) is 3.98. The Bertz CT molecular complexity index is 832. The van der Waals surface area contributed by atoms with Crippen molar-refractivity contribution in [2.45, 2.75) is 110 Å². The van der Waals surface area contributed by atoms with Gasteiger partial charge >= 0.3 is 0 Å². The number of hydrogen-bond acceptors (Lipinski definition) is 5. The van der Waals surface area contributed by atoms with Gasteiger partial charge in [0.1, 0.15) is 5.78 Å². The van der Waals surface area contributed by atoms with Crippen LogP contribution in [0.5, 0.6) is 0 Å². The molecule has 32 heavy (non-hydrogen) atoms. The van der Waals surface area contributed by atoms with Crippen LogP contribution in [-0.4, -0.2) is 44.2 Å². The second-order valence-corrected chi connectivity index (χ2v) is 12.5. The van der Waals surface area contributed by atoms with Crippen molar-refractivity contribution < 1.29 is 24.9 Å². The number of carbonyl (C=O) groups excluding carboxylic acids is 2. The number of rotatable bonds is 5. The summed E-state index contributed by atoms with van der Waals surface area (Å²) < 4.78 is 0. The van der Waals surface area contributed by atoms with E-state index in [1.807, 2.05) is 6.92 Å². The fourth-order valence-electron chi connectivity index (χ4n) is 8.27. The molecule has 4 aliphatic rings. The maximum absolute atomic E-state index is 13.2. The van der Waals surface area contributed by atoms with Crippen LogP contribution in [0.2, 0.25) is 0 Å². The summed E-state index contributed by atoms with van der Waals surface area (Å²) in [6.45, 7) is 10.3. The fourth-order valence-corrected chi connectivity index (χ4v) is 8.27. The fraction of sp³-hybridized carbons (Fsp3) is 0.852. The zero-order valence-corrected chi connectivity index (χ0v) is 20.5. The van der Waals surface area contributed by atoms with Crippen LogP contribution < -0.4 is 0 Å². The molecule has 3 saturated carbocycles. The van der Waals surface area contributed by atoms with E-state index >= 15 is 0 Å². The molecule has 4 aliphatic carbocycles. The molecule has 0 amide bonds. The molecule has 0 spiro atoms. The van der Waals surface area contributed by atoms with Gasteiger partial charge in [-0.15, -0.1) is 0 Å². The van der Waals surface area contributed by atoms with Gasteiger partial charge in [0.25, 0.3) is 0 Å². The first-order valence-corrected chi connectivity index (χ1v) is 12.7. The highest BCUT2D eigenvalue weighted by molar-refractivity contribution is 5.95. The third-order valence-electron chi connectivity index (χ3n) is 10.2. The van der Waals surface area contributed by atoms with Crippen molar-refractivity contribution in [2.24, 2.45) is 34.5 Å². The third kappa shape index (κ3) is 3.21. The first kappa shape index (κ1) is 24.1. The average molecular weight is 447 g/mol. The van der Waals surface area contributed by atoms with Crippen LogP contribution >= 0.6 is 0 Å². The van der Waals surface area contributed by atoms with Gasteiger partial charge in [0, 0.05) is 29.6 Å². The summed E-state index contributed by atoms with van der Waals surface area (Å²) in [5, 5.41) is 34.5. The number of allylic oxidation sites excluding steroid dienone is 1. The standard InChI is InChI=1S/C27H42O5/c1-16(2)12-19(29)13-17(3)20-7-9-26(31)23-15-22(30)21-14-18(28)6-8-24(21,4)27(23,32)11-10-25(20,26)5/h15-18,20-21,28,31-32H,6-14H2,1-5H3/t17-,18+,20-,21-,24+,25-,26-,27-/m1/s1. The highest BCUT2D eigenvalue weighted by Crippen LogP contribution is 2.69. The van der Waals surface area contributed by atoms with Gasteiger partial charge < -0.3 is 15.3 Å². The molecule has 0 radical (unpaired) electrons. The van der Waals surface area contributed by atoms with Gasteiger partial charge in [-0.3, -0.25) is 9.59 Å². The quantitative estimate of drug-likeness (QED) is 0.594. The lowest BCUT2D eigenvalue weighted by Crippen LogP contribution is -2.68. The minimum absolute atomic E-state index is 0.0628. The molecule has 0 bridgehead atoms. The summed E-state index contributed by atoms with van der Waals surface area (Å²) >= 11 is 0. The molecular formula is C27H42O5. The Morgan fingerprint density at radius 2 is 1.66 bits per heavy atom. The summed E-state index contributed by atoms with van der Waals surface area (Å²) in [6.07, 6.45) is 6.17. The summed E-state index contributed by atoms with van der Waals surface area (Å²) in [5.41, 5.74) is -3.09. The van der Waals surface area contributed by atoms with E-state index in [2.05, 4.69) is 27.7 Å². The molecule has 0 heterocycles. The molecule has 8 atom stereocenters. The molecular weight excluding hydrogens is 404 g/mol. The van der Waals surface area contributed by atoms with Crippen molar-refractivity contribution in [2.75, 3.05) is 0 Å². The molecule has 3 N–H and O–H groups in total. The number of hydrogen-bond donors (Lipinski definition) is 3. The molecule has 180 valence electrons. The average Bonchev–Trinajstić information content (AvgIpc) is 2.97. The van der Waals surface area contributed by atoms with Crippen LogP contribution in [0, 0.1) is 34.5 Å². The number of aliphatic hydroxyl groups is 3. The maximum Gasteiger partial charge on any atom is 0.159 e. The van der Waals surface area contributed by atoms with Crippen LogP contribution in [0.4, 0.5) is 0 Å². The molecule has 5 heteroatoms. The van der Waals surface area contributed by atoms with Gasteiger partial charge in [-0.05, 0) is 74.3 Å². The highest BCUT2D eigenvalue weighted by atomic mass is 16.3. The van der Waals surface area contributed by atoms with E-state index in [1.54, 1.807) is 6.08 Å². The lowest BCUT2D eigenvalue weighted by Gasteiger charge is -2.63. The van der Waals surface area contributed by atoms with Gasteiger partial charge in [0.15, 0.2) is 5.78 Å². The van der Waals surface area contributed by atoms with Crippen molar-refractivity contribution in [3.63, 3.8) is 0 Å². The Hall–Kier alpha value is -1.04. The molecule has 0 aromatic heterocycles. The monoisotopic (exact) mass is 446 g/mol. The predicted molar refractivity (Wildman–Crippen MR) is 123 cm³/mol.